The highest BCUT2D eigenvalue weighted by Crippen LogP contribution is 2.27. The molecular formula is C17H16N4O4S. The number of rotatable bonds is 5. The van der Waals surface area contributed by atoms with Crippen LogP contribution in [0, 0.1) is 0 Å². The molecule has 0 aliphatic heterocycles. The molecule has 0 saturated carbocycles. The summed E-state index contributed by atoms with van der Waals surface area (Å²) >= 11 is 1.29. The summed E-state index contributed by atoms with van der Waals surface area (Å²) in [4.78, 5) is 40.1. The Bertz CT molecular complexity index is 1040. The standard InChI is InChI=1S/C17H16N4O4S/c1-10(22)19-11-3-4-14(25-2)13(7-11)20-15(23)8-21-9-18-12-5-6-26-16(12)17(21)24/h3-7,9H,8H2,1-2H3,(H,19,22)(H,20,23). The molecule has 0 spiro atoms. The Hall–Kier alpha value is -3.20. The second-order valence-electron chi connectivity index (χ2n) is 5.46. The molecule has 2 aromatic heterocycles. The molecule has 0 aliphatic carbocycles. The van der Waals surface area contributed by atoms with Crippen molar-refractivity contribution in [2.24, 2.45) is 0 Å². The maximum atomic E-state index is 12.4. The molecule has 2 heterocycles. The van der Waals surface area contributed by atoms with Crippen molar-refractivity contribution in [3.63, 3.8) is 0 Å². The van der Waals surface area contributed by atoms with E-state index >= 15 is 0 Å². The van der Waals surface area contributed by atoms with Crippen molar-refractivity contribution in [2.75, 3.05) is 17.7 Å². The number of anilines is 2. The lowest BCUT2D eigenvalue weighted by Crippen LogP contribution is -2.27. The number of aromatic nitrogens is 2. The molecule has 3 rings (SSSR count). The third-order valence-electron chi connectivity index (χ3n) is 3.54. The molecule has 9 heteroatoms. The van der Waals surface area contributed by atoms with E-state index in [1.165, 1.54) is 36.3 Å². The monoisotopic (exact) mass is 372 g/mol. The SMILES string of the molecule is COc1ccc(NC(C)=O)cc1NC(=O)Cn1cnc2ccsc2c1=O. The molecule has 0 radical (unpaired) electrons. The second kappa shape index (κ2) is 7.36. The Labute approximate surface area is 152 Å². The number of amides is 2. The lowest BCUT2D eigenvalue weighted by Gasteiger charge is -2.13. The number of fused-ring (bicyclic) bond motifs is 1. The first-order valence-corrected chi connectivity index (χ1v) is 8.54. The number of carbonyl (C=O) groups excluding carboxylic acids is 2. The fourth-order valence-corrected chi connectivity index (χ4v) is 3.22. The highest BCUT2D eigenvalue weighted by molar-refractivity contribution is 7.17. The van der Waals surface area contributed by atoms with Gasteiger partial charge in [0.15, 0.2) is 0 Å². The van der Waals surface area contributed by atoms with Gasteiger partial charge in [0.1, 0.15) is 17.0 Å². The molecule has 0 fully saturated rings. The molecule has 0 unspecified atom stereocenters. The van der Waals surface area contributed by atoms with Gasteiger partial charge in [0.05, 0.1) is 24.6 Å². The van der Waals surface area contributed by atoms with E-state index < -0.39 is 5.91 Å². The van der Waals surface area contributed by atoms with E-state index in [0.29, 0.717) is 27.3 Å². The van der Waals surface area contributed by atoms with Crippen LogP contribution in [0.15, 0.2) is 40.8 Å². The summed E-state index contributed by atoms with van der Waals surface area (Å²) in [6.45, 7) is 1.20. The predicted molar refractivity (Wildman–Crippen MR) is 99.8 cm³/mol. The maximum Gasteiger partial charge on any atom is 0.271 e. The Balaban J connectivity index is 1.81. The topological polar surface area (TPSA) is 102 Å². The van der Waals surface area contributed by atoms with Crippen LogP contribution in [-0.2, 0) is 16.1 Å². The summed E-state index contributed by atoms with van der Waals surface area (Å²) in [5, 5.41) is 7.11. The van der Waals surface area contributed by atoms with Crippen LogP contribution in [0.2, 0.25) is 0 Å². The summed E-state index contributed by atoms with van der Waals surface area (Å²) in [7, 11) is 1.47. The second-order valence-corrected chi connectivity index (χ2v) is 6.37. The van der Waals surface area contributed by atoms with E-state index in [-0.39, 0.29) is 18.0 Å². The van der Waals surface area contributed by atoms with Gasteiger partial charge >= 0.3 is 0 Å². The number of thiophene rings is 1. The first-order chi connectivity index (χ1) is 12.5. The molecule has 134 valence electrons. The smallest absolute Gasteiger partial charge is 0.271 e. The molecule has 2 amide bonds. The van der Waals surface area contributed by atoms with Crippen LogP contribution in [0.1, 0.15) is 6.92 Å². The van der Waals surface area contributed by atoms with Gasteiger partial charge in [-0.1, -0.05) is 0 Å². The van der Waals surface area contributed by atoms with Crippen LogP contribution in [-0.4, -0.2) is 28.5 Å². The van der Waals surface area contributed by atoms with Gasteiger partial charge in [-0.25, -0.2) is 4.98 Å². The van der Waals surface area contributed by atoms with E-state index in [1.54, 1.807) is 29.6 Å². The summed E-state index contributed by atoms with van der Waals surface area (Å²) in [5.74, 6) is -0.205. The van der Waals surface area contributed by atoms with Gasteiger partial charge < -0.3 is 15.4 Å². The molecule has 8 nitrogen and oxygen atoms in total. The zero-order valence-corrected chi connectivity index (χ0v) is 14.9. The minimum atomic E-state index is -0.414. The van der Waals surface area contributed by atoms with Crippen molar-refractivity contribution < 1.29 is 14.3 Å². The Morgan fingerprint density at radius 3 is 2.81 bits per heavy atom. The molecule has 0 aliphatic rings. The number of nitrogens with zero attached hydrogens (tertiary/aromatic N) is 2. The largest absolute Gasteiger partial charge is 0.495 e. The summed E-state index contributed by atoms with van der Waals surface area (Å²) in [5.41, 5.74) is 1.26. The van der Waals surface area contributed by atoms with E-state index in [4.69, 9.17) is 4.74 Å². The zero-order valence-electron chi connectivity index (χ0n) is 14.1. The van der Waals surface area contributed by atoms with Gasteiger partial charge in [-0.15, -0.1) is 11.3 Å². The number of hydrogen-bond acceptors (Lipinski definition) is 6. The van der Waals surface area contributed by atoms with Crippen molar-refractivity contribution in [2.45, 2.75) is 13.5 Å². The van der Waals surface area contributed by atoms with Crippen LogP contribution in [0.4, 0.5) is 11.4 Å². The zero-order chi connectivity index (χ0) is 18.7. The molecular weight excluding hydrogens is 356 g/mol. The minimum absolute atomic E-state index is 0.187. The summed E-state index contributed by atoms with van der Waals surface area (Å²) in [6.07, 6.45) is 1.35. The van der Waals surface area contributed by atoms with Crippen LogP contribution in [0.25, 0.3) is 10.2 Å². The van der Waals surface area contributed by atoms with E-state index in [2.05, 4.69) is 15.6 Å². The predicted octanol–water partition coefficient (Wildman–Crippen LogP) is 2.06. The van der Waals surface area contributed by atoms with Crippen LogP contribution in [0.3, 0.4) is 0 Å². The third kappa shape index (κ3) is 3.72. The van der Waals surface area contributed by atoms with Gasteiger partial charge in [-0.05, 0) is 29.6 Å². The molecule has 2 N–H and O–H groups in total. The number of hydrogen-bond donors (Lipinski definition) is 2. The van der Waals surface area contributed by atoms with Crippen LogP contribution < -0.4 is 20.9 Å². The van der Waals surface area contributed by atoms with Gasteiger partial charge in [0, 0.05) is 12.6 Å². The first-order valence-electron chi connectivity index (χ1n) is 7.66. The number of nitrogens with one attached hydrogen (secondary N) is 2. The van der Waals surface area contributed by atoms with Gasteiger partial charge in [0.25, 0.3) is 5.56 Å². The van der Waals surface area contributed by atoms with Gasteiger partial charge in [0.2, 0.25) is 11.8 Å². The molecule has 26 heavy (non-hydrogen) atoms. The fraction of sp³-hybridized carbons (Fsp3) is 0.176. The van der Waals surface area contributed by atoms with Crippen LogP contribution >= 0.6 is 11.3 Å². The number of carbonyl (C=O) groups is 2. The van der Waals surface area contributed by atoms with E-state index in [1.807, 2.05) is 0 Å². The quantitative estimate of drug-likeness (QED) is 0.714. The number of ether oxygens (including phenoxy) is 1. The Morgan fingerprint density at radius 2 is 2.08 bits per heavy atom. The summed E-state index contributed by atoms with van der Waals surface area (Å²) < 4.78 is 6.97. The third-order valence-corrected chi connectivity index (χ3v) is 4.44. The minimum Gasteiger partial charge on any atom is -0.495 e. The lowest BCUT2D eigenvalue weighted by atomic mass is 10.2. The highest BCUT2D eigenvalue weighted by Gasteiger charge is 2.12. The molecule has 0 bridgehead atoms. The first kappa shape index (κ1) is 17.6. The molecule has 0 atom stereocenters. The number of benzene rings is 1. The van der Waals surface area contributed by atoms with Crippen molar-refractivity contribution in [3.05, 3.63) is 46.3 Å². The molecule has 0 saturated heterocycles. The van der Waals surface area contributed by atoms with E-state index in [0.717, 1.165) is 0 Å². The lowest BCUT2D eigenvalue weighted by molar-refractivity contribution is -0.117. The molecule has 3 aromatic rings. The van der Waals surface area contributed by atoms with Crippen molar-refractivity contribution in [1.82, 2.24) is 9.55 Å². The highest BCUT2D eigenvalue weighted by atomic mass is 32.1. The van der Waals surface area contributed by atoms with Crippen molar-refractivity contribution in [3.8, 4) is 5.75 Å². The Kier molecular flexibility index (Phi) is 4.99. The number of methoxy groups -OCH3 is 1. The maximum absolute atomic E-state index is 12.4. The van der Waals surface area contributed by atoms with Crippen molar-refractivity contribution in [1.29, 1.82) is 0 Å². The van der Waals surface area contributed by atoms with Crippen LogP contribution in [0.5, 0.6) is 5.75 Å². The molecule has 1 aromatic carbocycles. The van der Waals surface area contributed by atoms with Gasteiger partial charge in [-0.3, -0.25) is 19.0 Å². The normalized spacial score (nSPS) is 10.5. The average Bonchev–Trinajstić information content (AvgIpc) is 3.06. The average molecular weight is 372 g/mol. The van der Waals surface area contributed by atoms with Gasteiger partial charge in [-0.2, -0.15) is 0 Å². The summed E-state index contributed by atoms with van der Waals surface area (Å²) in [6, 6.07) is 6.63. The van der Waals surface area contributed by atoms with E-state index in [9.17, 15) is 14.4 Å². The Morgan fingerprint density at radius 1 is 1.27 bits per heavy atom. The fourth-order valence-electron chi connectivity index (χ4n) is 2.42. The van der Waals surface area contributed by atoms with Crippen molar-refractivity contribution >= 4 is 44.7 Å².